The van der Waals surface area contributed by atoms with Gasteiger partial charge in [0, 0.05) is 6.54 Å². The van der Waals surface area contributed by atoms with Crippen LogP contribution in [0.1, 0.15) is 0 Å². The topological polar surface area (TPSA) is 174 Å². The first-order valence-electron chi connectivity index (χ1n) is 4.16. The van der Waals surface area contributed by atoms with Gasteiger partial charge in [-0.25, -0.2) is 9.13 Å². The van der Waals surface area contributed by atoms with Crippen LogP contribution in [0.15, 0.2) is 0 Å². The molecule has 0 aromatic heterocycles. The molecule has 0 amide bonds. The molecule has 0 aliphatic rings. The molecule has 1 unspecified atom stereocenters. The molecule has 0 radical (unpaired) electrons. The van der Waals surface area contributed by atoms with E-state index >= 15 is 0 Å². The average molecular weight is 390 g/mol. The molecule has 110 valence electrons. The molecule has 0 aromatic carbocycles. The van der Waals surface area contributed by atoms with E-state index in [-0.39, 0.29) is 6.61 Å². The quantitative estimate of drug-likeness (QED) is 0.335. The Hall–Kier alpha value is 0.823. The van der Waals surface area contributed by atoms with Crippen LogP contribution < -0.4 is 0 Å². The molecule has 5 N–H and O–H groups in total. The molecule has 11 nitrogen and oxygen atoms in total. The Morgan fingerprint density at radius 2 is 1.56 bits per heavy atom. The number of likely N-dealkylation sites (N-methyl/N-ethyl adjacent to an activating group) is 1. The molecule has 0 bridgehead atoms. The minimum atomic E-state index is -5.00. The van der Waals surface area contributed by atoms with Gasteiger partial charge in [-0.15, -0.1) is 0 Å². The number of phosphoric acid groups is 2. The van der Waals surface area contributed by atoms with Crippen LogP contribution in [-0.4, -0.2) is 53.2 Å². The molecule has 0 spiro atoms. The van der Waals surface area contributed by atoms with E-state index in [1.807, 2.05) is 0 Å². The minimum absolute atomic E-state index is 0.166. The van der Waals surface area contributed by atoms with E-state index in [2.05, 4.69) is 8.83 Å². The third-order valence-corrected chi connectivity index (χ3v) is 3.19. The second-order valence-corrected chi connectivity index (χ2v) is 7.18. The SMILES string of the molecule is CN(C)CCOP(=O)(O)OP(=O)(O)O.[O]=[Zr]([OH])[OH]. The zero-order chi connectivity index (χ0) is 15.0. The van der Waals surface area contributed by atoms with Gasteiger partial charge in [-0.1, -0.05) is 0 Å². The third-order valence-electron chi connectivity index (χ3n) is 1.00. The molecule has 1 atom stereocenters. The van der Waals surface area contributed by atoms with Gasteiger partial charge in [0.1, 0.15) is 0 Å². The Morgan fingerprint density at radius 3 is 1.83 bits per heavy atom. The molecule has 0 heterocycles. The summed E-state index contributed by atoms with van der Waals surface area (Å²) in [7, 11) is -6.26. The van der Waals surface area contributed by atoms with Crippen LogP contribution in [0, 0.1) is 0 Å². The number of phosphoric ester groups is 1. The van der Waals surface area contributed by atoms with Gasteiger partial charge < -0.3 is 19.6 Å². The first-order chi connectivity index (χ1) is 7.86. The molecule has 0 rings (SSSR count). The van der Waals surface area contributed by atoms with Gasteiger partial charge in [0.15, 0.2) is 0 Å². The summed E-state index contributed by atoms with van der Waals surface area (Å²) in [6.45, 7) is 0.163. The van der Waals surface area contributed by atoms with E-state index < -0.39 is 38.3 Å². The van der Waals surface area contributed by atoms with Gasteiger partial charge in [0.25, 0.3) is 0 Å². The van der Waals surface area contributed by atoms with Gasteiger partial charge in [0.05, 0.1) is 6.61 Å². The summed E-state index contributed by atoms with van der Waals surface area (Å²) in [5, 5.41) is 0. The zero-order valence-electron chi connectivity index (χ0n) is 9.53. The Kier molecular flexibility index (Phi) is 11.4. The van der Waals surface area contributed by atoms with E-state index in [0.717, 1.165) is 0 Å². The van der Waals surface area contributed by atoms with Crippen molar-refractivity contribution < 1.29 is 64.5 Å². The van der Waals surface area contributed by atoms with Crippen LogP contribution in [0.25, 0.3) is 0 Å². The van der Waals surface area contributed by atoms with Crippen molar-refractivity contribution in [3.8, 4) is 0 Å². The summed E-state index contributed by atoms with van der Waals surface area (Å²) in [6.07, 6.45) is 0. The van der Waals surface area contributed by atoms with Gasteiger partial charge in [-0.3, -0.25) is 4.52 Å². The first-order valence-corrected chi connectivity index (χ1v) is 10.4. The summed E-state index contributed by atoms with van der Waals surface area (Å²) in [5.74, 6) is 0. The summed E-state index contributed by atoms with van der Waals surface area (Å²) >= 11 is -3.79. The van der Waals surface area contributed by atoms with E-state index in [0.29, 0.717) is 6.54 Å². The number of hydrogen-bond acceptors (Lipinski definition) is 6. The van der Waals surface area contributed by atoms with Crippen molar-refractivity contribution in [1.82, 2.24) is 4.90 Å². The third kappa shape index (κ3) is 22.0. The molecule has 0 saturated carbocycles. The van der Waals surface area contributed by atoms with E-state index in [4.69, 9.17) is 23.9 Å². The summed E-state index contributed by atoms with van der Waals surface area (Å²) in [4.78, 5) is 26.9. The number of nitrogens with zero attached hydrogens (tertiary/aromatic N) is 1. The van der Waals surface area contributed by atoms with Crippen LogP contribution >= 0.6 is 15.6 Å². The van der Waals surface area contributed by atoms with Crippen molar-refractivity contribution in [2.75, 3.05) is 27.2 Å². The predicted molar refractivity (Wildman–Crippen MR) is 52.6 cm³/mol. The maximum absolute atomic E-state index is 10.8. The van der Waals surface area contributed by atoms with Crippen LogP contribution in [0.4, 0.5) is 0 Å². The molecular formula is C4H15NO10P2Zr. The van der Waals surface area contributed by atoms with Crippen molar-refractivity contribution >= 4 is 15.6 Å². The summed E-state index contributed by atoms with van der Waals surface area (Å²) < 4.78 is 52.2. The van der Waals surface area contributed by atoms with Crippen LogP contribution in [0.3, 0.4) is 0 Å². The number of rotatable bonds is 6. The fourth-order valence-corrected chi connectivity index (χ4v) is 2.07. The van der Waals surface area contributed by atoms with Crippen molar-refractivity contribution in [3.63, 3.8) is 0 Å². The normalized spacial score (nSPS) is 14.7. The predicted octanol–water partition coefficient (Wildman–Crippen LogP) is -1.46. The molecule has 0 saturated heterocycles. The number of hydrogen-bond donors (Lipinski definition) is 5. The summed E-state index contributed by atoms with van der Waals surface area (Å²) in [6, 6.07) is 0. The first kappa shape index (κ1) is 21.1. The maximum atomic E-state index is 10.8. The summed E-state index contributed by atoms with van der Waals surface area (Å²) in [5.41, 5.74) is 0. The molecule has 0 aliphatic carbocycles. The van der Waals surface area contributed by atoms with E-state index in [1.165, 1.54) is 0 Å². The Morgan fingerprint density at radius 1 is 1.17 bits per heavy atom. The Bertz CT molecular complexity index is 337. The molecule has 0 aromatic rings. The monoisotopic (exact) mass is 389 g/mol. The van der Waals surface area contributed by atoms with Crippen molar-refractivity contribution in [1.29, 1.82) is 0 Å². The second kappa shape index (κ2) is 9.68. The fraction of sp³-hybridized carbons (Fsp3) is 1.00. The zero-order valence-corrected chi connectivity index (χ0v) is 13.8. The van der Waals surface area contributed by atoms with E-state index in [1.54, 1.807) is 19.0 Å². The van der Waals surface area contributed by atoms with E-state index in [9.17, 15) is 9.13 Å². The van der Waals surface area contributed by atoms with Crippen molar-refractivity contribution in [2.24, 2.45) is 0 Å². The van der Waals surface area contributed by atoms with Crippen molar-refractivity contribution in [2.45, 2.75) is 0 Å². The molecule has 14 heteroatoms. The van der Waals surface area contributed by atoms with Crippen LogP contribution in [0.5, 0.6) is 0 Å². The van der Waals surface area contributed by atoms with Crippen LogP contribution in [0.2, 0.25) is 0 Å². The Labute approximate surface area is 112 Å². The van der Waals surface area contributed by atoms with Gasteiger partial charge in [0.2, 0.25) is 0 Å². The molecular weight excluding hydrogens is 375 g/mol. The Balaban J connectivity index is 0. The molecule has 0 fully saturated rings. The van der Waals surface area contributed by atoms with Crippen molar-refractivity contribution in [3.05, 3.63) is 0 Å². The molecule has 0 aliphatic heterocycles. The average Bonchev–Trinajstić information content (AvgIpc) is 1.95. The fourth-order valence-electron chi connectivity index (χ4n) is 0.497. The van der Waals surface area contributed by atoms with Gasteiger partial charge in [-0.2, -0.15) is 4.31 Å². The van der Waals surface area contributed by atoms with Gasteiger partial charge in [-0.05, 0) is 14.1 Å². The van der Waals surface area contributed by atoms with Crippen LogP contribution in [-0.2, 0) is 43.4 Å². The van der Waals surface area contributed by atoms with Gasteiger partial charge >= 0.3 is 47.5 Å². The second-order valence-electron chi connectivity index (χ2n) is 2.96. The standard InChI is InChI=1S/C4H13NO7P2.2H2O.O.Zr/c1-5(2)3-4-11-14(9,10)12-13(6,7)8;;;;/h3-4H2,1-2H3,(H,9,10)(H2,6,7,8);2*1H2;;/q;;;;+2/p-2. The molecule has 18 heavy (non-hydrogen) atoms.